The van der Waals surface area contributed by atoms with Crippen LogP contribution in [0.15, 0.2) is 29.3 Å². The highest BCUT2D eigenvalue weighted by Crippen LogP contribution is 2.31. The van der Waals surface area contributed by atoms with E-state index in [0.29, 0.717) is 38.0 Å². The highest BCUT2D eigenvalue weighted by Gasteiger charge is 2.34. The number of aliphatic hydroxyl groups is 1. The summed E-state index contributed by atoms with van der Waals surface area (Å²) in [6, 6.07) is 3.95. The van der Waals surface area contributed by atoms with Crippen LogP contribution in [-0.2, 0) is 12.8 Å². The van der Waals surface area contributed by atoms with Crippen LogP contribution in [0.25, 0.3) is 0 Å². The van der Waals surface area contributed by atoms with Crippen molar-refractivity contribution < 1.29 is 5.11 Å². The third-order valence-corrected chi connectivity index (χ3v) is 5.02. The van der Waals surface area contributed by atoms with Crippen LogP contribution in [0.3, 0.4) is 0 Å². The fourth-order valence-electron chi connectivity index (χ4n) is 3.24. The molecule has 1 aliphatic heterocycles. The SMILES string of the molecule is CCc1ncccc1CC1(O)CCN(c2cn[nH]c(=O)c2Cl)CC1. The van der Waals surface area contributed by atoms with Gasteiger partial charge in [-0.2, -0.15) is 5.10 Å². The third-order valence-electron chi connectivity index (χ3n) is 4.65. The number of aromatic nitrogens is 3. The number of hydrogen-bond acceptors (Lipinski definition) is 5. The van der Waals surface area contributed by atoms with Crippen LogP contribution in [0.1, 0.15) is 31.0 Å². The van der Waals surface area contributed by atoms with E-state index in [1.807, 2.05) is 17.0 Å². The molecule has 6 nitrogen and oxygen atoms in total. The first-order valence-corrected chi connectivity index (χ1v) is 8.53. The van der Waals surface area contributed by atoms with Gasteiger partial charge in [-0.1, -0.05) is 24.6 Å². The van der Waals surface area contributed by atoms with Gasteiger partial charge >= 0.3 is 0 Å². The van der Waals surface area contributed by atoms with Gasteiger partial charge in [0, 0.05) is 31.4 Å². The van der Waals surface area contributed by atoms with Crippen LogP contribution in [0.4, 0.5) is 5.69 Å². The van der Waals surface area contributed by atoms with Crippen molar-refractivity contribution in [1.29, 1.82) is 0 Å². The van der Waals surface area contributed by atoms with E-state index >= 15 is 0 Å². The lowest BCUT2D eigenvalue weighted by atomic mass is 9.84. The van der Waals surface area contributed by atoms with E-state index in [4.69, 9.17) is 11.6 Å². The monoisotopic (exact) mass is 348 g/mol. The molecule has 0 saturated carbocycles. The summed E-state index contributed by atoms with van der Waals surface area (Å²) in [5.41, 5.74) is 1.61. The van der Waals surface area contributed by atoms with Gasteiger partial charge in [0.05, 0.1) is 17.5 Å². The van der Waals surface area contributed by atoms with Crippen molar-refractivity contribution in [3.63, 3.8) is 0 Å². The quantitative estimate of drug-likeness (QED) is 0.882. The molecule has 0 aliphatic carbocycles. The number of aromatic amines is 1. The number of halogens is 1. The maximum Gasteiger partial charge on any atom is 0.285 e. The molecular formula is C17H21ClN4O2. The lowest BCUT2D eigenvalue weighted by Crippen LogP contribution is -2.46. The molecule has 0 spiro atoms. The van der Waals surface area contributed by atoms with Crippen LogP contribution >= 0.6 is 11.6 Å². The minimum absolute atomic E-state index is 0.149. The molecule has 1 saturated heterocycles. The molecule has 0 aromatic carbocycles. The summed E-state index contributed by atoms with van der Waals surface area (Å²) in [6.45, 7) is 3.33. The van der Waals surface area contributed by atoms with E-state index in [0.717, 1.165) is 17.7 Å². The molecule has 1 aliphatic rings. The van der Waals surface area contributed by atoms with Gasteiger partial charge in [0.2, 0.25) is 0 Å². The summed E-state index contributed by atoms with van der Waals surface area (Å²) in [6.07, 6.45) is 6.01. The zero-order chi connectivity index (χ0) is 17.2. The first-order valence-electron chi connectivity index (χ1n) is 8.16. The molecule has 24 heavy (non-hydrogen) atoms. The summed E-state index contributed by atoms with van der Waals surface area (Å²) in [7, 11) is 0. The number of rotatable bonds is 4. The van der Waals surface area contributed by atoms with Crippen molar-refractivity contribution in [2.24, 2.45) is 0 Å². The van der Waals surface area contributed by atoms with Crippen molar-refractivity contribution in [3.8, 4) is 0 Å². The maximum absolute atomic E-state index is 11.6. The number of nitrogens with one attached hydrogen (secondary N) is 1. The van der Waals surface area contributed by atoms with Crippen molar-refractivity contribution in [1.82, 2.24) is 15.2 Å². The Morgan fingerprint density at radius 3 is 2.88 bits per heavy atom. The summed E-state index contributed by atoms with van der Waals surface area (Å²) in [4.78, 5) is 18.0. The lowest BCUT2D eigenvalue weighted by molar-refractivity contribution is 0.0163. The molecule has 0 unspecified atom stereocenters. The fourth-order valence-corrected chi connectivity index (χ4v) is 3.45. The Balaban J connectivity index is 1.72. The Kier molecular flexibility index (Phi) is 4.87. The molecule has 0 amide bonds. The van der Waals surface area contributed by atoms with Gasteiger partial charge in [-0.3, -0.25) is 9.78 Å². The molecule has 3 heterocycles. The van der Waals surface area contributed by atoms with E-state index in [-0.39, 0.29) is 5.02 Å². The van der Waals surface area contributed by atoms with E-state index in [9.17, 15) is 9.90 Å². The Morgan fingerprint density at radius 1 is 1.42 bits per heavy atom. The van der Waals surface area contributed by atoms with E-state index in [1.165, 1.54) is 0 Å². The standard InChI is InChI=1S/C17H21ClN4O2/c1-2-13-12(4-3-7-19-13)10-17(24)5-8-22(9-6-17)14-11-20-21-16(23)15(14)18/h3-4,7,11,24H,2,5-6,8-10H2,1H3,(H,21,23). The second kappa shape index (κ2) is 6.91. The van der Waals surface area contributed by atoms with Crippen LogP contribution < -0.4 is 10.5 Å². The first kappa shape index (κ1) is 16.9. The van der Waals surface area contributed by atoms with Gasteiger partial charge in [-0.05, 0) is 30.9 Å². The maximum atomic E-state index is 11.6. The summed E-state index contributed by atoms with van der Waals surface area (Å²) < 4.78 is 0. The number of H-pyrrole nitrogens is 1. The van der Waals surface area contributed by atoms with E-state index in [2.05, 4.69) is 22.1 Å². The molecule has 3 rings (SSSR count). The van der Waals surface area contributed by atoms with Crippen LogP contribution in [0.5, 0.6) is 0 Å². The minimum Gasteiger partial charge on any atom is -0.389 e. The highest BCUT2D eigenvalue weighted by molar-refractivity contribution is 6.32. The summed E-state index contributed by atoms with van der Waals surface area (Å²) >= 11 is 6.07. The largest absolute Gasteiger partial charge is 0.389 e. The average molecular weight is 349 g/mol. The van der Waals surface area contributed by atoms with Gasteiger partial charge in [-0.15, -0.1) is 0 Å². The van der Waals surface area contributed by atoms with Crippen LogP contribution in [-0.4, -0.2) is 39.0 Å². The van der Waals surface area contributed by atoms with Gasteiger partial charge in [0.15, 0.2) is 0 Å². The number of piperidine rings is 1. The molecule has 2 N–H and O–H groups in total. The van der Waals surface area contributed by atoms with Gasteiger partial charge in [0.25, 0.3) is 5.56 Å². The highest BCUT2D eigenvalue weighted by atomic mass is 35.5. The minimum atomic E-state index is -0.759. The molecular weight excluding hydrogens is 328 g/mol. The molecule has 128 valence electrons. The summed E-state index contributed by atoms with van der Waals surface area (Å²) in [5, 5.41) is 17.2. The van der Waals surface area contributed by atoms with Crippen LogP contribution in [0.2, 0.25) is 5.02 Å². The predicted molar refractivity (Wildman–Crippen MR) is 93.6 cm³/mol. The Labute approximate surface area is 145 Å². The lowest BCUT2D eigenvalue weighted by Gasteiger charge is -2.39. The Hall–Kier alpha value is -1.92. The van der Waals surface area contributed by atoms with Crippen molar-refractivity contribution in [2.75, 3.05) is 18.0 Å². The molecule has 0 bridgehead atoms. The van der Waals surface area contributed by atoms with Gasteiger partial charge < -0.3 is 10.0 Å². The topological polar surface area (TPSA) is 82.1 Å². The molecule has 7 heteroatoms. The first-order chi connectivity index (χ1) is 11.5. The number of pyridine rings is 1. The average Bonchev–Trinajstić information content (AvgIpc) is 2.59. The zero-order valence-corrected chi connectivity index (χ0v) is 14.4. The second-order valence-corrected chi connectivity index (χ2v) is 6.63. The second-order valence-electron chi connectivity index (χ2n) is 6.25. The molecule has 2 aromatic heterocycles. The van der Waals surface area contributed by atoms with E-state index in [1.54, 1.807) is 12.4 Å². The normalized spacial score (nSPS) is 17.0. The smallest absolute Gasteiger partial charge is 0.285 e. The fraction of sp³-hybridized carbons (Fsp3) is 0.471. The Morgan fingerprint density at radius 2 is 2.17 bits per heavy atom. The number of anilines is 1. The number of nitrogens with zero attached hydrogens (tertiary/aromatic N) is 3. The summed E-state index contributed by atoms with van der Waals surface area (Å²) in [5.74, 6) is 0. The molecule has 0 atom stereocenters. The number of hydrogen-bond donors (Lipinski definition) is 2. The van der Waals surface area contributed by atoms with Crippen molar-refractivity contribution >= 4 is 17.3 Å². The zero-order valence-electron chi connectivity index (χ0n) is 13.6. The van der Waals surface area contributed by atoms with Gasteiger partial charge in [0.1, 0.15) is 5.02 Å². The number of aryl methyl sites for hydroxylation is 1. The van der Waals surface area contributed by atoms with Gasteiger partial charge in [-0.25, -0.2) is 5.10 Å². The molecule has 2 aromatic rings. The Bertz CT molecular complexity index is 769. The van der Waals surface area contributed by atoms with E-state index < -0.39 is 11.2 Å². The predicted octanol–water partition coefficient (Wildman–Crippen LogP) is 1.95. The van der Waals surface area contributed by atoms with Crippen LogP contribution in [0, 0.1) is 0 Å². The molecule has 0 radical (unpaired) electrons. The third kappa shape index (κ3) is 3.44. The van der Waals surface area contributed by atoms with Crippen molar-refractivity contribution in [3.05, 3.63) is 51.2 Å². The van der Waals surface area contributed by atoms with Crippen molar-refractivity contribution in [2.45, 2.75) is 38.2 Å². The molecule has 1 fully saturated rings.